The molecule has 0 aliphatic rings. The van der Waals surface area contributed by atoms with Crippen molar-refractivity contribution in [3.63, 3.8) is 0 Å². The monoisotopic (exact) mass is 405 g/mol. The Morgan fingerprint density at radius 2 is 1.86 bits per heavy atom. The summed E-state index contributed by atoms with van der Waals surface area (Å²) < 4.78 is 17.0. The van der Waals surface area contributed by atoms with Crippen LogP contribution >= 0.6 is 11.8 Å². The molecule has 0 bridgehead atoms. The van der Waals surface area contributed by atoms with E-state index in [1.165, 1.54) is 24.8 Å². The zero-order valence-electron chi connectivity index (χ0n) is 16.3. The predicted molar refractivity (Wildman–Crippen MR) is 106 cm³/mol. The lowest BCUT2D eigenvalue weighted by molar-refractivity contribution is -0.139. The van der Waals surface area contributed by atoms with E-state index in [0.717, 1.165) is 5.56 Å². The second-order valence-corrected chi connectivity index (χ2v) is 6.69. The summed E-state index contributed by atoms with van der Waals surface area (Å²) in [5.41, 5.74) is 2.58. The zero-order chi connectivity index (χ0) is 20.7. The average molecular weight is 405 g/mol. The molecule has 0 aliphatic heterocycles. The number of hydrogen-bond donors (Lipinski definition) is 0. The van der Waals surface area contributed by atoms with Crippen LogP contribution in [0.25, 0.3) is 11.6 Å². The highest BCUT2D eigenvalue weighted by Crippen LogP contribution is 2.35. The molecule has 2 rings (SSSR count). The van der Waals surface area contributed by atoms with Crippen LogP contribution in [0.5, 0.6) is 0 Å². The molecule has 0 fully saturated rings. The number of ether oxygens (including phenoxy) is 3. The predicted octanol–water partition coefficient (Wildman–Crippen LogP) is 3.61. The minimum atomic E-state index is -0.488. The van der Waals surface area contributed by atoms with Crippen molar-refractivity contribution in [2.45, 2.75) is 32.6 Å². The number of carbonyl (C=O) groups is 3. The largest absolute Gasteiger partial charge is 0.463 e. The van der Waals surface area contributed by atoms with Crippen LogP contribution in [0, 0.1) is 6.92 Å². The first-order chi connectivity index (χ1) is 13.4. The number of fused-ring (bicyclic) bond motifs is 1. The van der Waals surface area contributed by atoms with E-state index in [-0.39, 0.29) is 19.2 Å². The lowest BCUT2D eigenvalue weighted by Crippen LogP contribution is -2.06. The fourth-order valence-electron chi connectivity index (χ4n) is 2.57. The molecule has 0 unspecified atom stereocenters. The number of thioether (sulfide) groups is 1. The number of hydrogen-bond acceptors (Lipinski definition) is 7. The van der Waals surface area contributed by atoms with Crippen LogP contribution in [-0.2, 0) is 23.8 Å². The Hall–Kier alpha value is -2.74. The number of esters is 3. The number of pyridine rings is 1. The minimum absolute atomic E-state index is 0.0256. The molecule has 0 atom stereocenters. The SMILES string of the molecule is CCOC(=O)/C=C/c1c(SCOC(C)=O)c(C(=O)OCC)c2cc(C)ccn12. The second kappa shape index (κ2) is 9.98. The Labute approximate surface area is 167 Å². The first kappa shape index (κ1) is 21.6. The maximum Gasteiger partial charge on any atom is 0.341 e. The van der Waals surface area contributed by atoms with E-state index in [1.807, 2.05) is 25.3 Å². The Balaban J connectivity index is 2.63. The van der Waals surface area contributed by atoms with Crippen LogP contribution in [0.2, 0.25) is 0 Å². The topological polar surface area (TPSA) is 83.3 Å². The molecule has 0 amide bonds. The summed E-state index contributed by atoms with van der Waals surface area (Å²) >= 11 is 1.18. The lowest BCUT2D eigenvalue weighted by atomic mass is 10.2. The van der Waals surface area contributed by atoms with Gasteiger partial charge in [0.2, 0.25) is 0 Å². The molecule has 2 aromatic rings. The van der Waals surface area contributed by atoms with Gasteiger partial charge in [0, 0.05) is 19.2 Å². The third kappa shape index (κ3) is 5.16. The maximum atomic E-state index is 12.7. The molecule has 0 spiro atoms. The summed E-state index contributed by atoms with van der Waals surface area (Å²) in [7, 11) is 0. The normalized spacial score (nSPS) is 11.0. The minimum Gasteiger partial charge on any atom is -0.463 e. The highest BCUT2D eigenvalue weighted by Gasteiger charge is 2.24. The summed E-state index contributed by atoms with van der Waals surface area (Å²) in [6, 6.07) is 3.76. The van der Waals surface area contributed by atoms with Crippen LogP contribution in [0.15, 0.2) is 29.3 Å². The van der Waals surface area contributed by atoms with E-state index in [1.54, 1.807) is 24.3 Å². The van der Waals surface area contributed by atoms with E-state index in [9.17, 15) is 14.4 Å². The molecule has 8 heteroatoms. The van der Waals surface area contributed by atoms with E-state index >= 15 is 0 Å². The standard InChI is InChI=1S/C20H23NO6S/c1-5-25-17(23)8-7-15-19(28-12-27-14(4)22)18(20(24)26-6-2)16-11-13(3)9-10-21(15)16/h7-11H,5-6,12H2,1-4H3/b8-7+. The van der Waals surface area contributed by atoms with Gasteiger partial charge in [0.25, 0.3) is 0 Å². The first-order valence-corrected chi connectivity index (χ1v) is 9.80. The molecule has 2 heterocycles. The van der Waals surface area contributed by atoms with Crippen molar-refractivity contribution in [2.75, 3.05) is 19.2 Å². The van der Waals surface area contributed by atoms with Gasteiger partial charge >= 0.3 is 17.9 Å². The van der Waals surface area contributed by atoms with Crippen molar-refractivity contribution >= 4 is 41.3 Å². The van der Waals surface area contributed by atoms with Crippen molar-refractivity contribution in [3.8, 4) is 0 Å². The van der Waals surface area contributed by atoms with E-state index in [2.05, 4.69) is 0 Å². The molecular formula is C20H23NO6S. The van der Waals surface area contributed by atoms with Crippen molar-refractivity contribution in [3.05, 3.63) is 41.2 Å². The van der Waals surface area contributed by atoms with Crippen molar-refractivity contribution in [1.82, 2.24) is 4.40 Å². The quantitative estimate of drug-likeness (QED) is 0.218. The summed E-state index contributed by atoms with van der Waals surface area (Å²) in [6.45, 7) is 7.17. The van der Waals surface area contributed by atoms with Crippen molar-refractivity contribution in [2.24, 2.45) is 0 Å². The highest BCUT2D eigenvalue weighted by atomic mass is 32.2. The van der Waals surface area contributed by atoms with Gasteiger partial charge in [0.05, 0.1) is 34.9 Å². The van der Waals surface area contributed by atoms with E-state index in [4.69, 9.17) is 14.2 Å². The van der Waals surface area contributed by atoms with E-state index < -0.39 is 17.9 Å². The van der Waals surface area contributed by atoms with Crippen LogP contribution in [0.1, 0.15) is 42.4 Å². The number of aromatic nitrogens is 1. The Kier molecular flexibility index (Phi) is 7.69. The fraction of sp³-hybridized carbons (Fsp3) is 0.350. The Morgan fingerprint density at radius 1 is 1.14 bits per heavy atom. The van der Waals surface area contributed by atoms with Gasteiger partial charge in [-0.25, -0.2) is 9.59 Å². The number of nitrogens with zero attached hydrogens (tertiary/aromatic N) is 1. The summed E-state index contributed by atoms with van der Waals surface area (Å²) in [5.74, 6) is -1.36. The van der Waals surface area contributed by atoms with Gasteiger partial charge in [-0.3, -0.25) is 4.79 Å². The molecule has 0 aliphatic carbocycles. The van der Waals surface area contributed by atoms with Gasteiger partial charge in [-0.2, -0.15) is 0 Å². The molecule has 0 radical (unpaired) electrons. The number of rotatable bonds is 8. The average Bonchev–Trinajstić information content (AvgIpc) is 2.92. The van der Waals surface area contributed by atoms with Gasteiger partial charge in [-0.15, -0.1) is 0 Å². The lowest BCUT2D eigenvalue weighted by Gasteiger charge is -2.06. The number of aryl methyl sites for hydroxylation is 1. The van der Waals surface area contributed by atoms with Gasteiger partial charge < -0.3 is 18.6 Å². The number of carbonyl (C=O) groups excluding carboxylic acids is 3. The van der Waals surface area contributed by atoms with Crippen LogP contribution < -0.4 is 0 Å². The summed E-state index contributed by atoms with van der Waals surface area (Å²) in [5, 5.41) is 0. The molecule has 28 heavy (non-hydrogen) atoms. The van der Waals surface area contributed by atoms with Gasteiger partial charge in [0.15, 0.2) is 0 Å². The Bertz CT molecular complexity index is 915. The molecule has 0 aromatic carbocycles. The first-order valence-electron chi connectivity index (χ1n) is 8.81. The van der Waals surface area contributed by atoms with Crippen molar-refractivity contribution < 1.29 is 28.6 Å². The summed E-state index contributed by atoms with van der Waals surface area (Å²) in [4.78, 5) is 36.1. The zero-order valence-corrected chi connectivity index (χ0v) is 17.1. The highest BCUT2D eigenvalue weighted by molar-refractivity contribution is 7.99. The molecule has 0 saturated carbocycles. The summed E-state index contributed by atoms with van der Waals surface area (Å²) in [6.07, 6.45) is 4.70. The molecular weight excluding hydrogens is 382 g/mol. The molecule has 150 valence electrons. The molecule has 0 N–H and O–H groups in total. The van der Waals surface area contributed by atoms with Gasteiger partial charge in [-0.05, 0) is 44.5 Å². The third-order valence-electron chi connectivity index (χ3n) is 3.69. The van der Waals surface area contributed by atoms with Crippen LogP contribution in [-0.4, -0.2) is 41.5 Å². The van der Waals surface area contributed by atoms with Crippen LogP contribution in [0.4, 0.5) is 0 Å². The fourth-order valence-corrected chi connectivity index (χ4v) is 3.56. The van der Waals surface area contributed by atoms with Gasteiger partial charge in [0.1, 0.15) is 5.94 Å². The van der Waals surface area contributed by atoms with E-state index in [0.29, 0.717) is 21.7 Å². The third-order valence-corrected chi connectivity index (χ3v) is 4.63. The molecule has 2 aromatic heterocycles. The molecule has 0 saturated heterocycles. The van der Waals surface area contributed by atoms with Crippen molar-refractivity contribution in [1.29, 1.82) is 0 Å². The smallest absolute Gasteiger partial charge is 0.341 e. The second-order valence-electron chi connectivity index (χ2n) is 5.75. The maximum absolute atomic E-state index is 12.7. The Morgan fingerprint density at radius 3 is 2.50 bits per heavy atom. The molecule has 7 nitrogen and oxygen atoms in total. The van der Waals surface area contributed by atoms with Crippen LogP contribution in [0.3, 0.4) is 0 Å². The van der Waals surface area contributed by atoms with Gasteiger partial charge in [-0.1, -0.05) is 11.8 Å².